The van der Waals surface area contributed by atoms with Gasteiger partial charge in [-0.05, 0) is 49.5 Å². The van der Waals surface area contributed by atoms with E-state index in [1.54, 1.807) is 0 Å². The van der Waals surface area contributed by atoms with Gasteiger partial charge >= 0.3 is 0 Å². The lowest BCUT2D eigenvalue weighted by molar-refractivity contribution is 0.140. The van der Waals surface area contributed by atoms with Crippen LogP contribution in [0.25, 0.3) is 0 Å². The lowest BCUT2D eigenvalue weighted by atomic mass is 9.68. The van der Waals surface area contributed by atoms with E-state index >= 15 is 0 Å². The van der Waals surface area contributed by atoms with E-state index in [-0.39, 0.29) is 0 Å². The molecule has 0 aromatic rings. The molecule has 1 N–H and O–H groups in total. The summed E-state index contributed by atoms with van der Waals surface area (Å²) >= 11 is 0. The summed E-state index contributed by atoms with van der Waals surface area (Å²) in [5, 5.41) is 4.02. The lowest BCUT2D eigenvalue weighted by Crippen LogP contribution is -2.49. The minimum absolute atomic E-state index is 0.350. The summed E-state index contributed by atoms with van der Waals surface area (Å²) in [5.41, 5.74) is 0.385. The smallest absolute Gasteiger partial charge is 0.0504 e. The Labute approximate surface area is 135 Å². The van der Waals surface area contributed by atoms with Crippen molar-refractivity contribution < 1.29 is 4.21 Å². The first kappa shape index (κ1) is 19.2. The molecule has 1 aliphatic rings. The van der Waals surface area contributed by atoms with Gasteiger partial charge in [0.1, 0.15) is 0 Å². The second-order valence-electron chi connectivity index (χ2n) is 7.89. The first-order valence-electron chi connectivity index (χ1n) is 8.92. The van der Waals surface area contributed by atoms with Crippen LogP contribution in [0.3, 0.4) is 0 Å². The Morgan fingerprint density at radius 2 is 1.90 bits per heavy atom. The molecule has 21 heavy (non-hydrogen) atoms. The van der Waals surface area contributed by atoms with Gasteiger partial charge in [0.2, 0.25) is 0 Å². The largest absolute Gasteiger partial charge is 0.313 e. The van der Waals surface area contributed by atoms with Crippen LogP contribution in [0.4, 0.5) is 0 Å². The van der Waals surface area contributed by atoms with E-state index in [4.69, 9.17) is 0 Å². The van der Waals surface area contributed by atoms with Crippen LogP contribution in [0.2, 0.25) is 0 Å². The standard InChI is InChI=1S/C18H37NOS/c1-7-11-19-16-10-9-15(18(5,6)8-2)12-17(16)21(20)13-14(3)4/h14-17,19H,7-13H2,1-6H3. The molecule has 2 nitrogen and oxygen atoms in total. The van der Waals surface area contributed by atoms with Crippen LogP contribution in [-0.2, 0) is 10.8 Å². The van der Waals surface area contributed by atoms with Gasteiger partial charge in [0, 0.05) is 22.6 Å². The van der Waals surface area contributed by atoms with Gasteiger partial charge < -0.3 is 5.32 Å². The predicted octanol–water partition coefficient (Wildman–Crippen LogP) is 4.36. The molecule has 1 aliphatic carbocycles. The molecule has 0 aromatic carbocycles. The fourth-order valence-electron chi connectivity index (χ4n) is 3.43. The first-order chi connectivity index (χ1) is 9.81. The number of rotatable bonds is 8. The zero-order valence-electron chi connectivity index (χ0n) is 15.1. The number of hydrogen-bond acceptors (Lipinski definition) is 2. The van der Waals surface area contributed by atoms with Gasteiger partial charge in [-0.1, -0.05) is 48.0 Å². The predicted molar refractivity (Wildman–Crippen MR) is 95.1 cm³/mol. The molecule has 126 valence electrons. The molecule has 4 atom stereocenters. The Hall–Kier alpha value is 0.110. The lowest BCUT2D eigenvalue weighted by Gasteiger charge is -2.43. The van der Waals surface area contributed by atoms with Gasteiger partial charge in [-0.3, -0.25) is 4.21 Å². The molecule has 0 amide bonds. The van der Waals surface area contributed by atoms with Crippen LogP contribution >= 0.6 is 0 Å². The van der Waals surface area contributed by atoms with Gasteiger partial charge in [0.25, 0.3) is 0 Å². The molecule has 1 saturated carbocycles. The van der Waals surface area contributed by atoms with Crippen molar-refractivity contribution in [2.75, 3.05) is 12.3 Å². The van der Waals surface area contributed by atoms with Crippen LogP contribution in [0, 0.1) is 17.3 Å². The third-order valence-electron chi connectivity index (χ3n) is 5.30. The Morgan fingerprint density at radius 1 is 1.24 bits per heavy atom. The zero-order valence-corrected chi connectivity index (χ0v) is 15.9. The Morgan fingerprint density at radius 3 is 2.43 bits per heavy atom. The van der Waals surface area contributed by atoms with Crippen molar-refractivity contribution in [3.63, 3.8) is 0 Å². The molecular formula is C18H37NOS. The van der Waals surface area contributed by atoms with Crippen molar-refractivity contribution >= 4 is 10.8 Å². The summed E-state index contributed by atoms with van der Waals surface area (Å²) in [6.45, 7) is 14.7. The molecular weight excluding hydrogens is 278 g/mol. The van der Waals surface area contributed by atoms with E-state index in [0.29, 0.717) is 22.6 Å². The minimum atomic E-state index is -0.690. The van der Waals surface area contributed by atoms with Gasteiger partial charge in [0.05, 0.1) is 5.25 Å². The van der Waals surface area contributed by atoms with E-state index in [1.807, 2.05) is 0 Å². The second kappa shape index (κ2) is 8.67. The molecule has 1 rings (SSSR count). The number of nitrogens with one attached hydrogen (secondary N) is 1. The van der Waals surface area contributed by atoms with Gasteiger partial charge in [0.15, 0.2) is 0 Å². The molecule has 3 heteroatoms. The maximum Gasteiger partial charge on any atom is 0.0504 e. The van der Waals surface area contributed by atoms with Crippen molar-refractivity contribution in [1.82, 2.24) is 5.32 Å². The molecule has 0 spiro atoms. The van der Waals surface area contributed by atoms with Crippen LogP contribution in [0.15, 0.2) is 0 Å². The second-order valence-corrected chi connectivity index (χ2v) is 9.59. The first-order valence-corrected chi connectivity index (χ1v) is 10.3. The van der Waals surface area contributed by atoms with E-state index in [1.165, 1.54) is 19.3 Å². The molecule has 0 aromatic heterocycles. The molecule has 0 heterocycles. The van der Waals surface area contributed by atoms with Gasteiger partial charge in [-0.15, -0.1) is 0 Å². The number of hydrogen-bond donors (Lipinski definition) is 1. The average Bonchev–Trinajstić information content (AvgIpc) is 2.44. The third kappa shape index (κ3) is 5.67. The van der Waals surface area contributed by atoms with Crippen molar-refractivity contribution in [2.45, 2.75) is 84.9 Å². The highest BCUT2D eigenvalue weighted by Crippen LogP contribution is 2.41. The summed E-state index contributed by atoms with van der Waals surface area (Å²) < 4.78 is 12.8. The van der Waals surface area contributed by atoms with Crippen molar-refractivity contribution in [2.24, 2.45) is 17.3 Å². The topological polar surface area (TPSA) is 29.1 Å². The zero-order chi connectivity index (χ0) is 16.0. The molecule has 0 bridgehead atoms. The monoisotopic (exact) mass is 315 g/mol. The SMILES string of the molecule is CCCNC1CCC(C(C)(C)CC)CC1S(=O)CC(C)C. The quantitative estimate of drug-likeness (QED) is 0.721. The van der Waals surface area contributed by atoms with E-state index in [9.17, 15) is 4.21 Å². The van der Waals surface area contributed by atoms with Crippen LogP contribution in [0.5, 0.6) is 0 Å². The average molecular weight is 316 g/mol. The summed E-state index contributed by atoms with van der Waals surface area (Å²) in [6, 6.07) is 0.466. The molecule has 0 saturated heterocycles. The third-order valence-corrected chi connectivity index (χ3v) is 7.49. The maximum absolute atomic E-state index is 12.8. The van der Waals surface area contributed by atoms with Gasteiger partial charge in [-0.2, -0.15) is 0 Å². The van der Waals surface area contributed by atoms with Crippen molar-refractivity contribution in [1.29, 1.82) is 0 Å². The Bertz CT molecular complexity index is 327. The van der Waals surface area contributed by atoms with E-state index in [2.05, 4.69) is 46.9 Å². The van der Waals surface area contributed by atoms with E-state index < -0.39 is 10.8 Å². The maximum atomic E-state index is 12.8. The van der Waals surface area contributed by atoms with Gasteiger partial charge in [-0.25, -0.2) is 0 Å². The molecule has 0 aliphatic heterocycles. The highest BCUT2D eigenvalue weighted by Gasteiger charge is 2.39. The summed E-state index contributed by atoms with van der Waals surface area (Å²) in [7, 11) is -0.690. The fourth-order valence-corrected chi connectivity index (χ4v) is 5.38. The van der Waals surface area contributed by atoms with Crippen molar-refractivity contribution in [3.8, 4) is 0 Å². The summed E-state index contributed by atoms with van der Waals surface area (Å²) in [4.78, 5) is 0. The van der Waals surface area contributed by atoms with Crippen molar-refractivity contribution in [3.05, 3.63) is 0 Å². The fraction of sp³-hybridized carbons (Fsp3) is 1.00. The Kier molecular flexibility index (Phi) is 7.91. The summed E-state index contributed by atoms with van der Waals surface area (Å²) in [6.07, 6.45) is 6.00. The van der Waals surface area contributed by atoms with Crippen LogP contribution in [0.1, 0.15) is 73.6 Å². The highest BCUT2D eigenvalue weighted by atomic mass is 32.2. The Balaban J connectivity index is 2.78. The highest BCUT2D eigenvalue weighted by molar-refractivity contribution is 7.85. The van der Waals surface area contributed by atoms with Crippen LogP contribution < -0.4 is 5.32 Å². The minimum Gasteiger partial charge on any atom is -0.313 e. The van der Waals surface area contributed by atoms with Crippen LogP contribution in [-0.4, -0.2) is 27.8 Å². The normalized spacial score (nSPS) is 28.8. The molecule has 1 fully saturated rings. The van der Waals surface area contributed by atoms with E-state index in [0.717, 1.165) is 31.1 Å². The summed E-state index contributed by atoms with van der Waals surface area (Å²) in [5.74, 6) is 2.11. The molecule has 0 radical (unpaired) electrons. The molecule has 4 unspecified atom stereocenters.